The molecule has 0 saturated heterocycles. The zero-order chi connectivity index (χ0) is 17.1. The molecule has 0 spiro atoms. The lowest BCUT2D eigenvalue weighted by Crippen LogP contribution is -2.30. The lowest BCUT2D eigenvalue weighted by molar-refractivity contribution is -0.114. The molecule has 1 aliphatic rings. The molecule has 5 nitrogen and oxygen atoms in total. The fourth-order valence-electron chi connectivity index (χ4n) is 2.35. The Labute approximate surface area is 137 Å². The highest BCUT2D eigenvalue weighted by Crippen LogP contribution is 2.32. The number of hydrogen-bond acceptors (Lipinski definition) is 4. The number of halogens is 2. The summed E-state index contributed by atoms with van der Waals surface area (Å²) in [5.41, 5.74) is 0.981. The molecule has 1 heterocycles. The van der Waals surface area contributed by atoms with Crippen molar-refractivity contribution in [2.24, 2.45) is 0 Å². The maximum absolute atomic E-state index is 13.3. The van der Waals surface area contributed by atoms with Gasteiger partial charge >= 0.3 is 0 Å². The van der Waals surface area contributed by atoms with Gasteiger partial charge in [-0.1, -0.05) is 0 Å². The van der Waals surface area contributed by atoms with Crippen molar-refractivity contribution in [2.45, 2.75) is 0 Å². The molecule has 0 saturated carbocycles. The molecule has 0 aliphatic carbocycles. The van der Waals surface area contributed by atoms with Crippen molar-refractivity contribution in [3.63, 3.8) is 0 Å². The van der Waals surface area contributed by atoms with Crippen molar-refractivity contribution < 1.29 is 23.0 Å². The number of benzene rings is 2. The molecule has 2 aromatic carbocycles. The second-order valence-corrected chi connectivity index (χ2v) is 5.36. The molecule has 1 aliphatic heterocycles. The average molecular weight is 334 g/mol. The molecular formula is C17H16F2N2O3. The number of carbonyl (C=O) groups is 1. The van der Waals surface area contributed by atoms with Gasteiger partial charge in [0.25, 0.3) is 0 Å². The highest BCUT2D eigenvalue weighted by Gasteiger charge is 2.14. The van der Waals surface area contributed by atoms with Gasteiger partial charge in [0.15, 0.2) is 23.1 Å². The molecule has 126 valence electrons. The zero-order valence-corrected chi connectivity index (χ0v) is 13.0. The lowest BCUT2D eigenvalue weighted by Gasteiger charge is -2.20. The van der Waals surface area contributed by atoms with Crippen LogP contribution in [-0.2, 0) is 4.79 Å². The first-order valence-electron chi connectivity index (χ1n) is 7.38. The first-order chi connectivity index (χ1) is 11.5. The number of anilines is 2. The van der Waals surface area contributed by atoms with Crippen LogP contribution in [0.15, 0.2) is 36.4 Å². The Hall–Kier alpha value is -2.83. The Kier molecular flexibility index (Phi) is 4.50. The van der Waals surface area contributed by atoms with Gasteiger partial charge in [0.1, 0.15) is 13.2 Å². The first kappa shape index (κ1) is 16.0. The first-order valence-corrected chi connectivity index (χ1v) is 7.38. The Morgan fingerprint density at radius 2 is 1.83 bits per heavy atom. The fourth-order valence-corrected chi connectivity index (χ4v) is 2.35. The molecule has 0 fully saturated rings. The van der Waals surface area contributed by atoms with E-state index in [1.54, 1.807) is 25.2 Å². The van der Waals surface area contributed by atoms with Gasteiger partial charge in [-0.3, -0.25) is 4.79 Å². The Bertz CT molecular complexity index is 767. The summed E-state index contributed by atoms with van der Waals surface area (Å²) in [6.07, 6.45) is 0. The predicted octanol–water partition coefficient (Wildman–Crippen LogP) is 2.81. The molecular weight excluding hydrogens is 318 g/mol. The van der Waals surface area contributed by atoms with E-state index in [-0.39, 0.29) is 12.5 Å². The van der Waals surface area contributed by atoms with Crippen molar-refractivity contribution in [2.75, 3.05) is 37.0 Å². The van der Waals surface area contributed by atoms with Crippen LogP contribution in [0.1, 0.15) is 0 Å². The molecule has 2 aromatic rings. The number of fused-ring (bicyclic) bond motifs is 1. The number of nitrogens with one attached hydrogen (secondary N) is 1. The number of likely N-dealkylation sites (N-methyl/N-ethyl adjacent to an activating group) is 1. The number of rotatable bonds is 4. The van der Waals surface area contributed by atoms with Gasteiger partial charge in [-0.05, 0) is 24.3 Å². The van der Waals surface area contributed by atoms with Gasteiger partial charge in [-0.2, -0.15) is 0 Å². The van der Waals surface area contributed by atoms with Crippen molar-refractivity contribution in [1.29, 1.82) is 0 Å². The van der Waals surface area contributed by atoms with Gasteiger partial charge in [0.05, 0.1) is 6.54 Å². The monoisotopic (exact) mass is 334 g/mol. The summed E-state index contributed by atoms with van der Waals surface area (Å²) in [5.74, 6) is -0.954. The molecule has 0 bridgehead atoms. The van der Waals surface area contributed by atoms with E-state index < -0.39 is 11.6 Å². The van der Waals surface area contributed by atoms with Crippen molar-refractivity contribution in [3.05, 3.63) is 48.0 Å². The highest BCUT2D eigenvalue weighted by molar-refractivity contribution is 5.94. The van der Waals surface area contributed by atoms with E-state index in [9.17, 15) is 13.6 Å². The largest absolute Gasteiger partial charge is 0.486 e. The topological polar surface area (TPSA) is 50.8 Å². The molecule has 1 N–H and O–H groups in total. The van der Waals surface area contributed by atoms with Gasteiger partial charge < -0.3 is 19.7 Å². The molecule has 24 heavy (non-hydrogen) atoms. The zero-order valence-electron chi connectivity index (χ0n) is 13.0. The Morgan fingerprint density at radius 1 is 1.08 bits per heavy atom. The molecule has 0 radical (unpaired) electrons. The Morgan fingerprint density at radius 3 is 2.58 bits per heavy atom. The number of hydrogen-bond donors (Lipinski definition) is 1. The summed E-state index contributed by atoms with van der Waals surface area (Å²) < 4.78 is 37.1. The van der Waals surface area contributed by atoms with Crippen LogP contribution in [0.4, 0.5) is 20.2 Å². The van der Waals surface area contributed by atoms with Crippen LogP contribution in [0.5, 0.6) is 11.5 Å². The summed E-state index contributed by atoms with van der Waals surface area (Å²) in [5, 5.41) is 2.73. The standard InChI is InChI=1S/C17H16F2N2O3/c1-21(12-3-4-13(18)14(19)9-12)10-17(22)20-11-2-5-15-16(8-11)24-7-6-23-15/h2-5,8-9H,6-7,10H2,1H3,(H,20,22). The van der Waals surface area contributed by atoms with Crippen molar-refractivity contribution >= 4 is 17.3 Å². The van der Waals surface area contributed by atoms with Crippen LogP contribution in [0.3, 0.4) is 0 Å². The van der Waals surface area contributed by atoms with E-state index in [0.717, 1.165) is 12.1 Å². The van der Waals surface area contributed by atoms with Crippen LogP contribution < -0.4 is 19.7 Å². The van der Waals surface area contributed by atoms with Gasteiger partial charge in [0, 0.05) is 30.6 Å². The summed E-state index contributed by atoms with van der Waals surface area (Å²) in [4.78, 5) is 13.6. The second-order valence-electron chi connectivity index (χ2n) is 5.36. The van der Waals surface area contributed by atoms with Crippen LogP contribution in [-0.4, -0.2) is 32.7 Å². The minimum absolute atomic E-state index is 0.0144. The van der Waals surface area contributed by atoms with E-state index in [1.807, 2.05) is 0 Å². The third-order valence-electron chi connectivity index (χ3n) is 3.55. The predicted molar refractivity (Wildman–Crippen MR) is 85.7 cm³/mol. The summed E-state index contributed by atoms with van der Waals surface area (Å²) in [7, 11) is 1.62. The quantitative estimate of drug-likeness (QED) is 0.934. The van der Waals surface area contributed by atoms with E-state index >= 15 is 0 Å². The number of ether oxygens (including phenoxy) is 2. The fraction of sp³-hybridized carbons (Fsp3) is 0.235. The van der Waals surface area contributed by atoms with E-state index in [1.165, 1.54) is 11.0 Å². The molecule has 0 unspecified atom stereocenters. The minimum Gasteiger partial charge on any atom is -0.486 e. The summed E-state index contributed by atoms with van der Waals surface area (Å²) in [6.45, 7) is 0.945. The summed E-state index contributed by atoms with van der Waals surface area (Å²) in [6, 6.07) is 8.61. The van der Waals surface area contributed by atoms with Gasteiger partial charge in [-0.15, -0.1) is 0 Å². The third kappa shape index (κ3) is 3.56. The van der Waals surface area contributed by atoms with E-state index in [4.69, 9.17) is 9.47 Å². The van der Waals surface area contributed by atoms with Crippen molar-refractivity contribution in [1.82, 2.24) is 0 Å². The van der Waals surface area contributed by atoms with Gasteiger partial charge in [-0.25, -0.2) is 8.78 Å². The molecule has 0 atom stereocenters. The Balaban J connectivity index is 1.63. The summed E-state index contributed by atoms with van der Waals surface area (Å²) >= 11 is 0. The lowest BCUT2D eigenvalue weighted by atomic mass is 10.2. The number of carbonyl (C=O) groups excluding carboxylic acids is 1. The highest BCUT2D eigenvalue weighted by atomic mass is 19.2. The maximum Gasteiger partial charge on any atom is 0.243 e. The van der Waals surface area contributed by atoms with E-state index in [2.05, 4.69) is 5.32 Å². The smallest absolute Gasteiger partial charge is 0.243 e. The molecule has 7 heteroatoms. The van der Waals surface area contributed by atoms with Gasteiger partial charge in [0.2, 0.25) is 5.91 Å². The van der Waals surface area contributed by atoms with Crippen molar-refractivity contribution in [3.8, 4) is 11.5 Å². The van der Waals surface area contributed by atoms with Crippen LogP contribution in [0.2, 0.25) is 0 Å². The normalized spacial score (nSPS) is 12.6. The van der Waals surface area contributed by atoms with Crippen LogP contribution >= 0.6 is 0 Å². The second kappa shape index (κ2) is 6.74. The van der Waals surface area contributed by atoms with Crippen LogP contribution in [0.25, 0.3) is 0 Å². The average Bonchev–Trinajstić information content (AvgIpc) is 2.57. The SMILES string of the molecule is CN(CC(=O)Nc1ccc2c(c1)OCCO2)c1ccc(F)c(F)c1. The van der Waals surface area contributed by atoms with Crippen LogP contribution in [0, 0.1) is 11.6 Å². The molecule has 0 aromatic heterocycles. The maximum atomic E-state index is 13.3. The van der Waals surface area contributed by atoms with E-state index in [0.29, 0.717) is 36.1 Å². The minimum atomic E-state index is -0.952. The molecule has 3 rings (SSSR count). The number of nitrogens with zero attached hydrogens (tertiary/aromatic N) is 1. The third-order valence-corrected chi connectivity index (χ3v) is 3.55. The number of amides is 1. The molecule has 1 amide bonds.